The first kappa shape index (κ1) is 13.8. The van der Waals surface area contributed by atoms with Crippen LogP contribution in [0, 0.1) is 10.1 Å². The van der Waals surface area contributed by atoms with Crippen molar-refractivity contribution in [1.82, 2.24) is 4.98 Å². The summed E-state index contributed by atoms with van der Waals surface area (Å²) in [5, 5.41) is 15.9. The van der Waals surface area contributed by atoms with E-state index < -0.39 is 11.0 Å². The van der Waals surface area contributed by atoms with Crippen LogP contribution >= 0.6 is 11.6 Å². The Hall–Kier alpha value is -2.67. The molecule has 20 heavy (non-hydrogen) atoms. The van der Waals surface area contributed by atoms with Crippen molar-refractivity contribution in [3.05, 3.63) is 57.9 Å². The molecule has 0 aliphatic rings. The average molecular weight is 293 g/mol. The van der Waals surface area contributed by atoms with E-state index in [1.165, 1.54) is 30.5 Å². The molecule has 0 fully saturated rings. The van der Waals surface area contributed by atoms with Gasteiger partial charge in [-0.1, -0.05) is 17.7 Å². The molecule has 2 aromatic rings. The Kier molecular flexibility index (Phi) is 4.11. The molecule has 0 bridgehead atoms. The molecule has 0 aliphatic carbocycles. The van der Waals surface area contributed by atoms with Gasteiger partial charge in [-0.25, -0.2) is 9.78 Å². The third kappa shape index (κ3) is 3.66. The first-order valence-electron chi connectivity index (χ1n) is 5.48. The summed E-state index contributed by atoms with van der Waals surface area (Å²) >= 11 is 5.69. The minimum Gasteiger partial charge on any atom is -0.308 e. The lowest BCUT2D eigenvalue weighted by atomic mass is 10.3. The monoisotopic (exact) mass is 292 g/mol. The van der Waals surface area contributed by atoms with Crippen LogP contribution in [0.3, 0.4) is 0 Å². The number of nitrogens with zero attached hydrogens (tertiary/aromatic N) is 2. The van der Waals surface area contributed by atoms with Crippen molar-refractivity contribution in [2.45, 2.75) is 0 Å². The van der Waals surface area contributed by atoms with E-state index in [2.05, 4.69) is 15.6 Å². The van der Waals surface area contributed by atoms with Crippen molar-refractivity contribution >= 4 is 34.7 Å². The molecule has 7 nitrogen and oxygen atoms in total. The Bertz CT molecular complexity index is 663. The van der Waals surface area contributed by atoms with Gasteiger partial charge in [0.25, 0.3) is 5.69 Å². The zero-order valence-corrected chi connectivity index (χ0v) is 10.8. The second-order valence-electron chi connectivity index (χ2n) is 3.75. The number of aromatic nitrogens is 1. The fourth-order valence-electron chi connectivity index (χ4n) is 1.47. The van der Waals surface area contributed by atoms with Crippen LogP contribution in [0.5, 0.6) is 0 Å². The van der Waals surface area contributed by atoms with E-state index in [-0.39, 0.29) is 10.8 Å². The molecule has 2 amide bonds. The predicted octanol–water partition coefficient (Wildman–Crippen LogP) is 3.29. The maximum atomic E-state index is 11.7. The van der Waals surface area contributed by atoms with E-state index in [1.807, 2.05) is 0 Å². The number of nitro groups is 1. The van der Waals surface area contributed by atoms with Gasteiger partial charge in [0, 0.05) is 29.7 Å². The molecule has 0 saturated heterocycles. The van der Waals surface area contributed by atoms with Crippen LogP contribution in [0.2, 0.25) is 5.15 Å². The van der Waals surface area contributed by atoms with Crippen LogP contribution in [0.1, 0.15) is 0 Å². The van der Waals surface area contributed by atoms with Gasteiger partial charge in [-0.15, -0.1) is 0 Å². The summed E-state index contributed by atoms with van der Waals surface area (Å²) in [4.78, 5) is 25.6. The van der Waals surface area contributed by atoms with E-state index in [0.29, 0.717) is 11.4 Å². The van der Waals surface area contributed by atoms with Gasteiger partial charge in [0.15, 0.2) is 0 Å². The standard InChI is InChI=1S/C12H9ClN4O3/c13-11-7-9(4-5-14-11)16-12(18)15-8-2-1-3-10(6-8)17(19)20/h1-7H,(H2,14,15,16,18). The molecule has 8 heteroatoms. The molecule has 2 rings (SSSR count). The molecule has 1 aromatic carbocycles. The maximum absolute atomic E-state index is 11.7. The van der Waals surface area contributed by atoms with Crippen molar-refractivity contribution in [2.24, 2.45) is 0 Å². The molecule has 0 spiro atoms. The van der Waals surface area contributed by atoms with Gasteiger partial charge in [-0.3, -0.25) is 10.1 Å². The highest BCUT2D eigenvalue weighted by molar-refractivity contribution is 6.29. The second kappa shape index (κ2) is 5.98. The SMILES string of the molecule is O=C(Nc1cccc([N+](=O)[O-])c1)Nc1ccnc(Cl)c1. The van der Waals surface area contributed by atoms with Crippen molar-refractivity contribution in [3.8, 4) is 0 Å². The van der Waals surface area contributed by atoms with Crippen LogP contribution in [-0.4, -0.2) is 15.9 Å². The number of nitrogens with one attached hydrogen (secondary N) is 2. The normalized spacial score (nSPS) is 9.85. The number of halogens is 1. The molecular weight excluding hydrogens is 284 g/mol. The Morgan fingerprint density at radius 3 is 2.55 bits per heavy atom. The quantitative estimate of drug-likeness (QED) is 0.515. The summed E-state index contributed by atoms with van der Waals surface area (Å²) in [5.74, 6) is 0. The lowest BCUT2D eigenvalue weighted by Gasteiger charge is -2.07. The lowest BCUT2D eigenvalue weighted by molar-refractivity contribution is -0.384. The molecule has 0 atom stereocenters. The minimum absolute atomic E-state index is 0.102. The molecule has 0 saturated carbocycles. The van der Waals surface area contributed by atoms with Gasteiger partial charge in [0.1, 0.15) is 5.15 Å². The van der Waals surface area contributed by atoms with Crippen molar-refractivity contribution in [2.75, 3.05) is 10.6 Å². The molecule has 1 aromatic heterocycles. The highest BCUT2D eigenvalue weighted by Crippen LogP contribution is 2.17. The topological polar surface area (TPSA) is 97.2 Å². The van der Waals surface area contributed by atoms with Gasteiger partial charge in [-0.2, -0.15) is 0 Å². The first-order chi connectivity index (χ1) is 9.54. The number of carbonyl (C=O) groups excluding carboxylic acids is 1. The molecule has 0 radical (unpaired) electrons. The Morgan fingerprint density at radius 1 is 1.20 bits per heavy atom. The summed E-state index contributed by atoms with van der Waals surface area (Å²) in [5.41, 5.74) is 0.680. The van der Waals surface area contributed by atoms with Crippen LogP contribution in [0.25, 0.3) is 0 Å². The third-order valence-corrected chi connectivity index (χ3v) is 2.51. The minimum atomic E-state index is -0.536. The molecule has 1 heterocycles. The van der Waals surface area contributed by atoms with Crippen LogP contribution in [0.4, 0.5) is 21.9 Å². The summed E-state index contributed by atoms with van der Waals surface area (Å²) in [6.07, 6.45) is 1.45. The van der Waals surface area contributed by atoms with E-state index in [9.17, 15) is 14.9 Å². The van der Waals surface area contributed by atoms with Gasteiger partial charge >= 0.3 is 6.03 Å². The van der Waals surface area contributed by atoms with Gasteiger partial charge in [-0.05, 0) is 18.2 Å². The number of rotatable bonds is 3. The van der Waals surface area contributed by atoms with Crippen LogP contribution in [-0.2, 0) is 0 Å². The predicted molar refractivity (Wildman–Crippen MR) is 75.0 cm³/mol. The Balaban J connectivity index is 2.04. The number of benzene rings is 1. The Morgan fingerprint density at radius 2 is 1.90 bits per heavy atom. The number of hydrogen-bond acceptors (Lipinski definition) is 4. The van der Waals surface area contributed by atoms with Crippen LogP contribution in [0.15, 0.2) is 42.6 Å². The van der Waals surface area contributed by atoms with Crippen molar-refractivity contribution < 1.29 is 9.72 Å². The molecule has 102 valence electrons. The fraction of sp³-hybridized carbons (Fsp3) is 0. The zero-order chi connectivity index (χ0) is 14.5. The number of pyridine rings is 1. The average Bonchev–Trinajstić information content (AvgIpc) is 2.38. The zero-order valence-electron chi connectivity index (χ0n) is 10.0. The van der Waals surface area contributed by atoms with Crippen LogP contribution < -0.4 is 10.6 Å². The summed E-state index contributed by atoms with van der Waals surface area (Å²) in [7, 11) is 0. The highest BCUT2D eigenvalue weighted by Gasteiger charge is 2.08. The summed E-state index contributed by atoms with van der Waals surface area (Å²) in [6, 6.07) is 8.15. The largest absolute Gasteiger partial charge is 0.323 e. The maximum Gasteiger partial charge on any atom is 0.323 e. The van der Waals surface area contributed by atoms with E-state index in [0.717, 1.165) is 0 Å². The highest BCUT2D eigenvalue weighted by atomic mass is 35.5. The lowest BCUT2D eigenvalue weighted by Crippen LogP contribution is -2.19. The molecular formula is C12H9ClN4O3. The van der Waals surface area contributed by atoms with E-state index in [1.54, 1.807) is 12.1 Å². The number of carbonyl (C=O) groups is 1. The number of urea groups is 1. The number of non-ortho nitro benzene ring substituents is 1. The smallest absolute Gasteiger partial charge is 0.308 e. The van der Waals surface area contributed by atoms with E-state index >= 15 is 0 Å². The number of amides is 2. The third-order valence-electron chi connectivity index (χ3n) is 2.30. The van der Waals surface area contributed by atoms with Crippen molar-refractivity contribution in [3.63, 3.8) is 0 Å². The van der Waals surface area contributed by atoms with Gasteiger partial charge in [0.05, 0.1) is 4.92 Å². The summed E-state index contributed by atoms with van der Waals surface area (Å²) in [6.45, 7) is 0. The van der Waals surface area contributed by atoms with E-state index in [4.69, 9.17) is 11.6 Å². The molecule has 2 N–H and O–H groups in total. The molecule has 0 unspecified atom stereocenters. The number of hydrogen-bond donors (Lipinski definition) is 2. The second-order valence-corrected chi connectivity index (χ2v) is 4.14. The number of nitro benzene ring substituents is 1. The van der Waals surface area contributed by atoms with Gasteiger partial charge in [0.2, 0.25) is 0 Å². The summed E-state index contributed by atoms with van der Waals surface area (Å²) < 4.78 is 0. The van der Waals surface area contributed by atoms with Crippen molar-refractivity contribution in [1.29, 1.82) is 0 Å². The fourth-order valence-corrected chi connectivity index (χ4v) is 1.64. The molecule has 0 aliphatic heterocycles. The first-order valence-corrected chi connectivity index (χ1v) is 5.86. The Labute approximate surface area is 118 Å². The van der Waals surface area contributed by atoms with Gasteiger partial charge < -0.3 is 10.6 Å². The number of anilines is 2.